The van der Waals surface area contributed by atoms with E-state index in [4.69, 9.17) is 0 Å². The summed E-state index contributed by atoms with van der Waals surface area (Å²) < 4.78 is 0. The predicted octanol–water partition coefficient (Wildman–Crippen LogP) is 4.05. The SMILES string of the molecule is CC(C)(CNCC1CC2CCC1C2)c1cccs1. The van der Waals surface area contributed by atoms with E-state index in [9.17, 15) is 0 Å². The Morgan fingerprint density at radius 1 is 1.33 bits per heavy atom. The Balaban J connectivity index is 1.47. The fourth-order valence-electron chi connectivity index (χ4n) is 3.95. The molecule has 0 amide bonds. The lowest BCUT2D eigenvalue weighted by Crippen LogP contribution is -2.36. The zero-order chi connectivity index (χ0) is 12.6. The van der Waals surface area contributed by atoms with Gasteiger partial charge in [-0.3, -0.25) is 0 Å². The zero-order valence-electron chi connectivity index (χ0n) is 11.6. The van der Waals surface area contributed by atoms with E-state index in [-0.39, 0.29) is 5.41 Å². The van der Waals surface area contributed by atoms with Gasteiger partial charge in [0.2, 0.25) is 0 Å². The van der Waals surface area contributed by atoms with Crippen LogP contribution in [0.4, 0.5) is 0 Å². The monoisotopic (exact) mass is 263 g/mol. The van der Waals surface area contributed by atoms with E-state index in [1.807, 2.05) is 11.3 Å². The molecule has 2 fully saturated rings. The van der Waals surface area contributed by atoms with E-state index in [1.165, 1.54) is 37.1 Å². The first kappa shape index (κ1) is 12.7. The van der Waals surface area contributed by atoms with Gasteiger partial charge in [0.05, 0.1) is 0 Å². The van der Waals surface area contributed by atoms with Crippen molar-refractivity contribution in [3.8, 4) is 0 Å². The minimum absolute atomic E-state index is 0.284. The van der Waals surface area contributed by atoms with Crippen molar-refractivity contribution in [3.63, 3.8) is 0 Å². The topological polar surface area (TPSA) is 12.0 Å². The van der Waals surface area contributed by atoms with Gasteiger partial charge in [-0.2, -0.15) is 0 Å². The maximum Gasteiger partial charge on any atom is 0.0115 e. The summed E-state index contributed by atoms with van der Waals surface area (Å²) in [5.74, 6) is 3.10. The maximum atomic E-state index is 3.75. The molecule has 2 aliphatic rings. The van der Waals surface area contributed by atoms with Gasteiger partial charge in [0.15, 0.2) is 0 Å². The second kappa shape index (κ2) is 4.97. The highest BCUT2D eigenvalue weighted by Crippen LogP contribution is 2.47. The average Bonchev–Trinajstić information content (AvgIpc) is 3.06. The van der Waals surface area contributed by atoms with E-state index < -0.39 is 0 Å². The third-order valence-corrected chi connectivity index (χ3v) is 6.28. The summed E-state index contributed by atoms with van der Waals surface area (Å²) in [6, 6.07) is 4.43. The number of hydrogen-bond donors (Lipinski definition) is 1. The minimum atomic E-state index is 0.284. The Bertz CT molecular complexity index is 382. The second-order valence-corrected chi connectivity index (χ2v) is 7.87. The third kappa shape index (κ3) is 2.50. The highest BCUT2D eigenvalue weighted by atomic mass is 32.1. The molecule has 0 aliphatic heterocycles. The van der Waals surface area contributed by atoms with Crippen LogP contribution in [0.2, 0.25) is 0 Å². The fourth-order valence-corrected chi connectivity index (χ4v) is 4.80. The third-order valence-electron chi connectivity index (χ3n) is 5.05. The molecule has 2 saturated carbocycles. The van der Waals surface area contributed by atoms with Crippen molar-refractivity contribution in [3.05, 3.63) is 22.4 Å². The fraction of sp³-hybridized carbons (Fsp3) is 0.750. The number of rotatable bonds is 5. The molecule has 1 heterocycles. The van der Waals surface area contributed by atoms with Crippen LogP contribution >= 0.6 is 11.3 Å². The van der Waals surface area contributed by atoms with Gasteiger partial charge >= 0.3 is 0 Å². The van der Waals surface area contributed by atoms with Crippen molar-refractivity contribution >= 4 is 11.3 Å². The molecule has 2 heteroatoms. The quantitative estimate of drug-likeness (QED) is 0.845. The molecule has 1 N–H and O–H groups in total. The summed E-state index contributed by atoms with van der Waals surface area (Å²) in [4.78, 5) is 1.50. The first-order valence-electron chi connectivity index (χ1n) is 7.40. The molecule has 1 aromatic heterocycles. The molecule has 1 aromatic rings. The van der Waals surface area contributed by atoms with E-state index >= 15 is 0 Å². The van der Waals surface area contributed by atoms with Crippen molar-refractivity contribution in [2.75, 3.05) is 13.1 Å². The molecule has 3 rings (SSSR count). The van der Waals surface area contributed by atoms with E-state index in [2.05, 4.69) is 36.7 Å². The van der Waals surface area contributed by atoms with Crippen molar-refractivity contribution in [1.82, 2.24) is 5.32 Å². The maximum absolute atomic E-state index is 3.75. The lowest BCUT2D eigenvalue weighted by atomic mass is 9.87. The number of fused-ring (bicyclic) bond motifs is 2. The number of nitrogens with one attached hydrogen (secondary N) is 1. The minimum Gasteiger partial charge on any atom is -0.316 e. The smallest absolute Gasteiger partial charge is 0.0115 e. The van der Waals surface area contributed by atoms with Crippen LogP contribution in [0.5, 0.6) is 0 Å². The molecule has 0 spiro atoms. The summed E-state index contributed by atoms with van der Waals surface area (Å²) >= 11 is 1.88. The van der Waals surface area contributed by atoms with Gasteiger partial charge in [0.1, 0.15) is 0 Å². The van der Waals surface area contributed by atoms with Crippen LogP contribution in [0.25, 0.3) is 0 Å². The standard InChI is InChI=1S/C16H25NS/c1-16(2,15-4-3-7-18-15)11-17-10-14-9-12-5-6-13(14)8-12/h3-4,7,12-14,17H,5-6,8-11H2,1-2H3. The van der Waals surface area contributed by atoms with Gasteiger partial charge in [0, 0.05) is 16.8 Å². The summed E-state index contributed by atoms with van der Waals surface area (Å²) in [6.45, 7) is 7.07. The molecule has 2 bridgehead atoms. The summed E-state index contributed by atoms with van der Waals surface area (Å²) in [7, 11) is 0. The lowest BCUT2D eigenvalue weighted by molar-refractivity contribution is 0.309. The van der Waals surface area contributed by atoms with Gasteiger partial charge in [-0.05, 0) is 55.0 Å². The van der Waals surface area contributed by atoms with Gasteiger partial charge in [0.25, 0.3) is 0 Å². The van der Waals surface area contributed by atoms with Crippen LogP contribution in [0.3, 0.4) is 0 Å². The molecule has 3 atom stereocenters. The van der Waals surface area contributed by atoms with Crippen LogP contribution in [-0.2, 0) is 5.41 Å². The van der Waals surface area contributed by atoms with Crippen LogP contribution in [0.1, 0.15) is 44.4 Å². The van der Waals surface area contributed by atoms with E-state index in [1.54, 1.807) is 0 Å². The van der Waals surface area contributed by atoms with Gasteiger partial charge in [-0.1, -0.05) is 26.3 Å². The summed E-state index contributed by atoms with van der Waals surface area (Å²) in [6.07, 6.45) is 6.05. The van der Waals surface area contributed by atoms with E-state index in [0.717, 1.165) is 24.3 Å². The average molecular weight is 263 g/mol. The van der Waals surface area contributed by atoms with Crippen LogP contribution in [-0.4, -0.2) is 13.1 Å². The molecule has 2 aliphatic carbocycles. The molecule has 18 heavy (non-hydrogen) atoms. The van der Waals surface area contributed by atoms with Gasteiger partial charge in [-0.25, -0.2) is 0 Å². The Morgan fingerprint density at radius 2 is 2.22 bits per heavy atom. The largest absolute Gasteiger partial charge is 0.316 e. The highest BCUT2D eigenvalue weighted by Gasteiger charge is 2.39. The van der Waals surface area contributed by atoms with Crippen molar-refractivity contribution in [1.29, 1.82) is 0 Å². The molecule has 100 valence electrons. The van der Waals surface area contributed by atoms with Gasteiger partial charge in [-0.15, -0.1) is 11.3 Å². The first-order valence-corrected chi connectivity index (χ1v) is 8.28. The second-order valence-electron chi connectivity index (χ2n) is 6.93. The molecule has 0 radical (unpaired) electrons. The molecule has 3 unspecified atom stereocenters. The molecule has 0 aromatic carbocycles. The zero-order valence-corrected chi connectivity index (χ0v) is 12.4. The highest BCUT2D eigenvalue weighted by molar-refractivity contribution is 7.10. The Hall–Kier alpha value is -0.340. The lowest BCUT2D eigenvalue weighted by Gasteiger charge is -2.27. The predicted molar refractivity (Wildman–Crippen MR) is 79.2 cm³/mol. The van der Waals surface area contributed by atoms with Gasteiger partial charge < -0.3 is 5.32 Å². The first-order chi connectivity index (χ1) is 8.65. The molecule has 0 saturated heterocycles. The molecular formula is C16H25NS. The van der Waals surface area contributed by atoms with E-state index in [0.29, 0.717) is 0 Å². The van der Waals surface area contributed by atoms with Crippen LogP contribution in [0, 0.1) is 17.8 Å². The Morgan fingerprint density at radius 3 is 2.83 bits per heavy atom. The van der Waals surface area contributed by atoms with Crippen molar-refractivity contribution in [2.45, 2.75) is 44.9 Å². The Labute approximate surface area is 115 Å². The summed E-state index contributed by atoms with van der Waals surface area (Å²) in [5, 5.41) is 5.93. The Kier molecular flexibility index (Phi) is 3.50. The summed E-state index contributed by atoms with van der Waals surface area (Å²) in [5.41, 5.74) is 0.284. The normalized spacial score (nSPS) is 31.1. The van der Waals surface area contributed by atoms with Crippen LogP contribution < -0.4 is 5.32 Å². The van der Waals surface area contributed by atoms with Crippen LogP contribution in [0.15, 0.2) is 17.5 Å². The molecular weight excluding hydrogens is 238 g/mol. The van der Waals surface area contributed by atoms with Crippen molar-refractivity contribution in [2.24, 2.45) is 17.8 Å². The van der Waals surface area contributed by atoms with Crippen molar-refractivity contribution < 1.29 is 0 Å². The number of hydrogen-bond acceptors (Lipinski definition) is 2. The number of thiophene rings is 1. The molecule has 1 nitrogen and oxygen atoms in total.